The number of esters is 1. The molecule has 2 heterocycles. The summed E-state index contributed by atoms with van der Waals surface area (Å²) in [5.41, 5.74) is 2.95. The molecule has 2 aromatic rings. The third kappa shape index (κ3) is 4.49. The van der Waals surface area contributed by atoms with Gasteiger partial charge in [0.2, 0.25) is 0 Å². The van der Waals surface area contributed by atoms with Gasteiger partial charge in [0.15, 0.2) is 0 Å². The Labute approximate surface area is 187 Å². The average molecular weight is 452 g/mol. The SMILES string of the molecule is CCOC(=O)[C@H]1CCCN(C(=O)c2c(CC)nn(-c3ccc(Cl)c(Cl)c3)c2CC)C1. The Balaban J connectivity index is 1.96. The van der Waals surface area contributed by atoms with Gasteiger partial charge in [-0.15, -0.1) is 0 Å². The topological polar surface area (TPSA) is 64.4 Å². The van der Waals surface area contributed by atoms with Crippen LogP contribution in [0.1, 0.15) is 55.4 Å². The summed E-state index contributed by atoms with van der Waals surface area (Å²) in [6.45, 7) is 7.12. The van der Waals surface area contributed by atoms with Crippen molar-refractivity contribution in [1.82, 2.24) is 14.7 Å². The van der Waals surface area contributed by atoms with Crippen molar-refractivity contribution in [1.29, 1.82) is 0 Å². The Kier molecular flexibility index (Phi) is 7.42. The molecular weight excluding hydrogens is 425 g/mol. The van der Waals surface area contributed by atoms with Gasteiger partial charge < -0.3 is 9.64 Å². The molecule has 0 unspecified atom stereocenters. The Morgan fingerprint density at radius 3 is 2.57 bits per heavy atom. The molecular formula is C22H27Cl2N3O3. The molecule has 1 aromatic carbocycles. The quantitative estimate of drug-likeness (QED) is 0.595. The highest BCUT2D eigenvalue weighted by atomic mass is 35.5. The average Bonchev–Trinajstić information content (AvgIpc) is 3.14. The van der Waals surface area contributed by atoms with Crippen LogP contribution in [-0.4, -0.2) is 46.3 Å². The number of hydrogen-bond donors (Lipinski definition) is 0. The number of piperidine rings is 1. The summed E-state index contributed by atoms with van der Waals surface area (Å²) < 4.78 is 6.95. The van der Waals surface area contributed by atoms with Crippen molar-refractivity contribution < 1.29 is 14.3 Å². The number of carbonyl (C=O) groups is 2. The van der Waals surface area contributed by atoms with Gasteiger partial charge >= 0.3 is 5.97 Å². The van der Waals surface area contributed by atoms with E-state index in [4.69, 9.17) is 33.0 Å². The van der Waals surface area contributed by atoms with Gasteiger partial charge in [0, 0.05) is 13.1 Å². The van der Waals surface area contributed by atoms with Gasteiger partial charge in [-0.25, -0.2) is 4.68 Å². The van der Waals surface area contributed by atoms with E-state index in [2.05, 4.69) is 0 Å². The number of hydrogen-bond acceptors (Lipinski definition) is 4. The minimum Gasteiger partial charge on any atom is -0.466 e. The summed E-state index contributed by atoms with van der Waals surface area (Å²) in [4.78, 5) is 27.5. The first-order chi connectivity index (χ1) is 14.4. The van der Waals surface area contributed by atoms with Crippen molar-refractivity contribution in [2.75, 3.05) is 19.7 Å². The molecule has 1 amide bonds. The number of rotatable bonds is 6. The number of nitrogens with zero attached hydrogens (tertiary/aromatic N) is 3. The number of aromatic nitrogens is 2. The van der Waals surface area contributed by atoms with E-state index in [1.54, 1.807) is 28.6 Å². The van der Waals surface area contributed by atoms with Crippen LogP contribution >= 0.6 is 23.2 Å². The number of carbonyl (C=O) groups excluding carboxylic acids is 2. The van der Waals surface area contributed by atoms with Gasteiger partial charge in [0.05, 0.1) is 45.2 Å². The zero-order valence-electron chi connectivity index (χ0n) is 17.6. The Morgan fingerprint density at radius 1 is 1.17 bits per heavy atom. The van der Waals surface area contributed by atoms with Crippen molar-refractivity contribution in [3.8, 4) is 5.69 Å². The van der Waals surface area contributed by atoms with Crippen LogP contribution in [0.4, 0.5) is 0 Å². The monoisotopic (exact) mass is 451 g/mol. The summed E-state index contributed by atoms with van der Waals surface area (Å²) in [6.07, 6.45) is 2.77. The van der Waals surface area contributed by atoms with Gasteiger partial charge in [0.25, 0.3) is 5.91 Å². The molecule has 1 aromatic heterocycles. The van der Waals surface area contributed by atoms with E-state index in [1.165, 1.54) is 0 Å². The second kappa shape index (κ2) is 9.84. The molecule has 30 heavy (non-hydrogen) atoms. The van der Waals surface area contributed by atoms with Crippen molar-refractivity contribution in [2.24, 2.45) is 5.92 Å². The second-order valence-electron chi connectivity index (χ2n) is 7.33. The summed E-state index contributed by atoms with van der Waals surface area (Å²) in [6, 6.07) is 5.31. The molecule has 0 saturated carbocycles. The molecule has 0 aliphatic carbocycles. The van der Waals surface area contributed by atoms with Crippen LogP contribution in [-0.2, 0) is 22.4 Å². The van der Waals surface area contributed by atoms with E-state index in [9.17, 15) is 9.59 Å². The third-order valence-corrected chi connectivity index (χ3v) is 6.15. The fraction of sp³-hybridized carbons (Fsp3) is 0.500. The number of halogens is 2. The standard InChI is InChI=1S/C22H27Cl2N3O3/c1-4-18-20(21(28)26-11-7-8-14(13-26)22(29)30-6-3)19(5-2)27(25-18)15-9-10-16(23)17(24)12-15/h9-10,12,14H,4-8,11,13H2,1-3H3/t14-/m0/s1. The van der Waals surface area contributed by atoms with Crippen LogP contribution in [0.25, 0.3) is 5.69 Å². The largest absolute Gasteiger partial charge is 0.466 e. The van der Waals surface area contributed by atoms with Crippen LogP contribution in [0.5, 0.6) is 0 Å². The van der Waals surface area contributed by atoms with E-state index < -0.39 is 0 Å². The van der Waals surface area contributed by atoms with Gasteiger partial charge in [-0.05, 0) is 50.8 Å². The van der Waals surface area contributed by atoms with Crippen LogP contribution < -0.4 is 0 Å². The van der Waals surface area contributed by atoms with Crippen LogP contribution in [0.3, 0.4) is 0 Å². The maximum absolute atomic E-state index is 13.5. The lowest BCUT2D eigenvalue weighted by Gasteiger charge is -2.31. The molecule has 0 radical (unpaired) electrons. The van der Waals surface area contributed by atoms with Crippen LogP contribution in [0, 0.1) is 5.92 Å². The van der Waals surface area contributed by atoms with E-state index in [0.29, 0.717) is 48.1 Å². The highest BCUT2D eigenvalue weighted by Crippen LogP contribution is 2.28. The molecule has 0 bridgehead atoms. The predicted octanol–water partition coefficient (Wildman–Crippen LogP) is 4.72. The lowest BCUT2D eigenvalue weighted by Crippen LogP contribution is -2.43. The molecule has 3 rings (SSSR count). The predicted molar refractivity (Wildman–Crippen MR) is 118 cm³/mol. The minimum atomic E-state index is -0.275. The first-order valence-electron chi connectivity index (χ1n) is 10.4. The van der Waals surface area contributed by atoms with Crippen molar-refractivity contribution in [2.45, 2.75) is 46.5 Å². The molecule has 0 spiro atoms. The van der Waals surface area contributed by atoms with Crippen molar-refractivity contribution in [3.63, 3.8) is 0 Å². The van der Waals surface area contributed by atoms with E-state index >= 15 is 0 Å². The summed E-state index contributed by atoms with van der Waals surface area (Å²) >= 11 is 12.3. The normalized spacial score (nSPS) is 16.6. The van der Waals surface area contributed by atoms with Crippen molar-refractivity contribution in [3.05, 3.63) is 45.2 Å². The third-order valence-electron chi connectivity index (χ3n) is 5.41. The van der Waals surface area contributed by atoms with Gasteiger partial charge in [-0.1, -0.05) is 37.0 Å². The fourth-order valence-electron chi connectivity index (χ4n) is 3.93. The second-order valence-corrected chi connectivity index (χ2v) is 8.14. The molecule has 1 fully saturated rings. The summed E-state index contributed by atoms with van der Waals surface area (Å²) in [7, 11) is 0. The minimum absolute atomic E-state index is 0.0796. The number of aryl methyl sites for hydroxylation is 1. The van der Waals surface area contributed by atoms with Crippen molar-refractivity contribution >= 4 is 35.1 Å². The van der Waals surface area contributed by atoms with Gasteiger partial charge in [-0.3, -0.25) is 9.59 Å². The Morgan fingerprint density at radius 2 is 1.93 bits per heavy atom. The maximum Gasteiger partial charge on any atom is 0.310 e. The number of likely N-dealkylation sites (tertiary alicyclic amines) is 1. The van der Waals surface area contributed by atoms with Gasteiger partial charge in [0.1, 0.15) is 0 Å². The highest BCUT2D eigenvalue weighted by Gasteiger charge is 2.33. The van der Waals surface area contributed by atoms with E-state index in [0.717, 1.165) is 29.9 Å². The molecule has 162 valence electrons. The molecule has 8 heteroatoms. The Bertz CT molecular complexity index is 942. The number of ether oxygens (including phenoxy) is 1. The number of amides is 1. The molecule has 1 atom stereocenters. The lowest BCUT2D eigenvalue weighted by molar-refractivity contribution is -0.149. The summed E-state index contributed by atoms with van der Waals surface area (Å²) in [5.74, 6) is -0.583. The molecule has 6 nitrogen and oxygen atoms in total. The Hall–Kier alpha value is -2.05. The maximum atomic E-state index is 13.5. The van der Waals surface area contributed by atoms with Crippen LogP contribution in [0.15, 0.2) is 18.2 Å². The first kappa shape index (κ1) is 22.6. The fourth-order valence-corrected chi connectivity index (χ4v) is 4.22. The van der Waals surface area contributed by atoms with E-state index in [-0.39, 0.29) is 17.8 Å². The lowest BCUT2D eigenvalue weighted by atomic mass is 9.97. The molecule has 1 saturated heterocycles. The number of benzene rings is 1. The zero-order chi connectivity index (χ0) is 21.8. The molecule has 1 aliphatic heterocycles. The molecule has 0 N–H and O–H groups in total. The smallest absolute Gasteiger partial charge is 0.310 e. The van der Waals surface area contributed by atoms with Gasteiger partial charge in [-0.2, -0.15) is 5.10 Å². The zero-order valence-corrected chi connectivity index (χ0v) is 19.1. The van der Waals surface area contributed by atoms with Crippen LogP contribution in [0.2, 0.25) is 10.0 Å². The summed E-state index contributed by atoms with van der Waals surface area (Å²) in [5, 5.41) is 5.62. The van der Waals surface area contributed by atoms with E-state index in [1.807, 2.05) is 19.9 Å². The first-order valence-corrected chi connectivity index (χ1v) is 11.2. The highest BCUT2D eigenvalue weighted by molar-refractivity contribution is 6.42. The molecule has 1 aliphatic rings.